The van der Waals surface area contributed by atoms with Crippen LogP contribution in [-0.4, -0.2) is 160 Å². The highest BCUT2D eigenvalue weighted by molar-refractivity contribution is 5.98. The second kappa shape index (κ2) is 30.2. The normalized spacial score (nSPS) is 16.0. The van der Waals surface area contributed by atoms with Gasteiger partial charge in [0.15, 0.2) is 0 Å². The first kappa shape index (κ1) is 56.9. The molecule has 7 amide bonds. The van der Waals surface area contributed by atoms with Crippen molar-refractivity contribution in [2.24, 2.45) is 11.7 Å². The van der Waals surface area contributed by atoms with Gasteiger partial charge < -0.3 is 67.7 Å². The Bertz CT molecular complexity index is 1830. The van der Waals surface area contributed by atoms with E-state index in [0.29, 0.717) is 18.4 Å². The van der Waals surface area contributed by atoms with Crippen molar-refractivity contribution in [2.75, 3.05) is 32.9 Å². The van der Waals surface area contributed by atoms with Crippen LogP contribution in [0.25, 0.3) is 0 Å². The van der Waals surface area contributed by atoms with E-state index in [1.165, 1.54) is 0 Å². The first-order valence-electron chi connectivity index (χ1n) is 22.5. The number of carbonyl (C=O) groups excluding carboxylic acids is 8. The number of carboxylic acids is 2. The SMILES string of the molecule is CCCCCCCC(=O)OC[C@H](NC(=O)[C@H](CO)NC(=O)CN)C(=O)N[C@@H](Cc1ccccc1)C(=O)N[C@@H](CC(C)C)C(=O)N[C@@H](CO)C(=O)N1CCC[C@H]1C(=O)N[C@@H](CCC(=O)O)C(=O)O. The van der Waals surface area contributed by atoms with Crippen LogP contribution in [0.5, 0.6) is 0 Å². The van der Waals surface area contributed by atoms with Gasteiger partial charge in [-0.1, -0.05) is 76.8 Å². The Labute approximate surface area is 389 Å². The summed E-state index contributed by atoms with van der Waals surface area (Å²) in [5.74, 6) is -10.1. The Hall–Kier alpha value is -6.20. The molecule has 2 rings (SSSR count). The second-order valence-corrected chi connectivity index (χ2v) is 16.6. The van der Waals surface area contributed by atoms with Gasteiger partial charge in [-0.05, 0) is 43.6 Å². The number of nitrogens with two attached hydrogens (primary N) is 1. The van der Waals surface area contributed by atoms with Gasteiger partial charge in [0.25, 0.3) is 0 Å². The lowest BCUT2D eigenvalue weighted by atomic mass is 10.0. The lowest BCUT2D eigenvalue weighted by molar-refractivity contribution is -0.147. The molecule has 374 valence electrons. The molecule has 0 aliphatic carbocycles. The van der Waals surface area contributed by atoms with Crippen molar-refractivity contribution in [3.8, 4) is 0 Å². The van der Waals surface area contributed by atoms with Crippen molar-refractivity contribution in [2.45, 2.75) is 140 Å². The van der Waals surface area contributed by atoms with Gasteiger partial charge in [-0.25, -0.2) is 4.79 Å². The maximum absolute atomic E-state index is 14.2. The molecule has 0 spiro atoms. The number of likely N-dealkylation sites (tertiary alicyclic amines) is 1. The van der Waals surface area contributed by atoms with Crippen LogP contribution in [0, 0.1) is 5.92 Å². The van der Waals surface area contributed by atoms with Crippen LogP contribution in [0.2, 0.25) is 0 Å². The van der Waals surface area contributed by atoms with Gasteiger partial charge in [-0.3, -0.25) is 43.2 Å². The Kier molecular flexibility index (Phi) is 25.6. The largest absolute Gasteiger partial charge is 0.481 e. The minimum absolute atomic E-state index is 0.00582. The molecule has 12 N–H and O–H groups in total. The number of aliphatic hydroxyl groups is 2. The molecule has 23 heteroatoms. The topological polar surface area (TPSA) is 362 Å². The Morgan fingerprint density at radius 2 is 1.30 bits per heavy atom. The summed E-state index contributed by atoms with van der Waals surface area (Å²) in [5, 5.41) is 53.1. The molecular formula is C44H68N8O15. The number of unbranched alkanes of at least 4 members (excludes halogenated alkanes) is 4. The Morgan fingerprint density at radius 1 is 0.716 bits per heavy atom. The number of ether oxygens (including phenoxy) is 1. The number of nitrogens with one attached hydrogen (secondary N) is 6. The quantitative estimate of drug-likeness (QED) is 0.0282. The van der Waals surface area contributed by atoms with Crippen molar-refractivity contribution in [1.82, 2.24) is 36.8 Å². The number of carboxylic acid groups (broad SMARTS) is 2. The first-order valence-corrected chi connectivity index (χ1v) is 22.5. The highest BCUT2D eigenvalue weighted by atomic mass is 16.5. The summed E-state index contributed by atoms with van der Waals surface area (Å²) < 4.78 is 5.36. The predicted molar refractivity (Wildman–Crippen MR) is 238 cm³/mol. The maximum Gasteiger partial charge on any atom is 0.326 e. The van der Waals surface area contributed by atoms with Crippen molar-refractivity contribution >= 4 is 59.3 Å². The monoisotopic (exact) mass is 948 g/mol. The van der Waals surface area contributed by atoms with Crippen LogP contribution in [-0.2, 0) is 59.1 Å². The second-order valence-electron chi connectivity index (χ2n) is 16.6. The zero-order valence-electron chi connectivity index (χ0n) is 38.3. The molecule has 7 atom stereocenters. The van der Waals surface area contributed by atoms with Gasteiger partial charge in [0, 0.05) is 25.8 Å². The van der Waals surface area contributed by atoms with E-state index in [-0.39, 0.29) is 38.1 Å². The maximum atomic E-state index is 14.2. The van der Waals surface area contributed by atoms with Crippen LogP contribution in [0.3, 0.4) is 0 Å². The lowest BCUT2D eigenvalue weighted by Gasteiger charge is -2.30. The average molecular weight is 949 g/mol. The number of benzene rings is 1. The fourth-order valence-corrected chi connectivity index (χ4v) is 7.08. The third-order valence-corrected chi connectivity index (χ3v) is 10.7. The molecule has 1 heterocycles. The fourth-order valence-electron chi connectivity index (χ4n) is 7.08. The minimum Gasteiger partial charge on any atom is -0.481 e. The van der Waals surface area contributed by atoms with E-state index in [2.05, 4.69) is 31.9 Å². The van der Waals surface area contributed by atoms with Crippen LogP contribution < -0.4 is 37.6 Å². The lowest BCUT2D eigenvalue weighted by Crippen LogP contribution is -2.61. The summed E-state index contributed by atoms with van der Waals surface area (Å²) in [7, 11) is 0. The van der Waals surface area contributed by atoms with Gasteiger partial charge in [0.05, 0.1) is 19.8 Å². The molecule has 1 aliphatic heterocycles. The molecule has 0 saturated carbocycles. The van der Waals surface area contributed by atoms with E-state index in [1.807, 2.05) is 6.92 Å². The zero-order chi connectivity index (χ0) is 50.1. The van der Waals surface area contributed by atoms with Crippen molar-refractivity contribution in [3.63, 3.8) is 0 Å². The molecular weight excluding hydrogens is 881 g/mol. The van der Waals surface area contributed by atoms with Crippen LogP contribution in [0.15, 0.2) is 30.3 Å². The summed E-state index contributed by atoms with van der Waals surface area (Å²) in [4.78, 5) is 131. The molecule has 0 bridgehead atoms. The molecule has 0 aromatic heterocycles. The molecule has 0 radical (unpaired) electrons. The Balaban J connectivity index is 2.36. The van der Waals surface area contributed by atoms with E-state index in [1.54, 1.807) is 44.2 Å². The number of nitrogens with zero attached hydrogens (tertiary/aromatic N) is 1. The molecule has 23 nitrogen and oxygen atoms in total. The van der Waals surface area contributed by atoms with Crippen molar-refractivity contribution in [1.29, 1.82) is 0 Å². The minimum atomic E-state index is -1.66. The van der Waals surface area contributed by atoms with Crippen molar-refractivity contribution in [3.05, 3.63) is 35.9 Å². The third kappa shape index (κ3) is 20.5. The molecule has 1 aromatic rings. The number of amides is 7. The number of hydrogen-bond acceptors (Lipinski definition) is 14. The highest BCUT2D eigenvalue weighted by Gasteiger charge is 2.40. The number of aliphatic carboxylic acids is 2. The van der Waals surface area contributed by atoms with Crippen LogP contribution >= 0.6 is 0 Å². The fraction of sp³-hybridized carbons (Fsp3) is 0.636. The predicted octanol–water partition coefficient (Wildman–Crippen LogP) is -2.03. The average Bonchev–Trinajstić information content (AvgIpc) is 3.79. The van der Waals surface area contributed by atoms with Gasteiger partial charge in [-0.2, -0.15) is 0 Å². The highest BCUT2D eigenvalue weighted by Crippen LogP contribution is 2.20. The van der Waals surface area contributed by atoms with E-state index in [9.17, 15) is 63.3 Å². The van der Waals surface area contributed by atoms with Crippen LogP contribution in [0.4, 0.5) is 0 Å². The number of esters is 1. The molecule has 67 heavy (non-hydrogen) atoms. The Morgan fingerprint density at radius 3 is 1.90 bits per heavy atom. The number of carbonyl (C=O) groups is 10. The van der Waals surface area contributed by atoms with Crippen molar-refractivity contribution < 1.29 is 73.1 Å². The summed E-state index contributed by atoms with van der Waals surface area (Å²) >= 11 is 0. The summed E-state index contributed by atoms with van der Waals surface area (Å²) in [6.07, 6.45) is 3.46. The smallest absolute Gasteiger partial charge is 0.326 e. The third-order valence-electron chi connectivity index (χ3n) is 10.7. The number of rotatable bonds is 31. The van der Waals surface area contributed by atoms with Gasteiger partial charge >= 0.3 is 17.9 Å². The van der Waals surface area contributed by atoms with E-state index >= 15 is 0 Å². The molecule has 1 aromatic carbocycles. The van der Waals surface area contributed by atoms with Crippen LogP contribution in [0.1, 0.15) is 97.0 Å². The first-order chi connectivity index (χ1) is 31.8. The van der Waals surface area contributed by atoms with E-state index in [4.69, 9.17) is 15.6 Å². The zero-order valence-corrected chi connectivity index (χ0v) is 38.3. The standard InChI is InChI=1S/C44H68N8O15/c1-4-5-6-7-11-16-37(58)67-25-33(51-40(61)31(23-53)46-35(55)22-45)41(62)49-30(21-27-13-9-8-10-14-27)39(60)48-29(20-26(2)3)38(59)50-32(24-54)43(64)52-19-12-15-34(52)42(63)47-28(44(65)66)17-18-36(56)57/h8-10,13-14,26,28-34,53-54H,4-7,11-12,15-25,45H2,1-3H3,(H,46,55)(H,47,63)(H,48,60)(H,49,62)(H,50,59)(H,51,61)(H,56,57)(H,65,66)/t28-,29-,30-,31-,32-,33-,34-/m0/s1. The number of hydrogen-bond donors (Lipinski definition) is 11. The van der Waals surface area contributed by atoms with Gasteiger partial charge in [0.2, 0.25) is 41.4 Å². The van der Waals surface area contributed by atoms with E-state index in [0.717, 1.165) is 30.6 Å². The molecule has 0 unspecified atom stereocenters. The van der Waals surface area contributed by atoms with Gasteiger partial charge in [0.1, 0.15) is 48.9 Å². The molecule has 1 aliphatic rings. The summed E-state index contributed by atoms with van der Waals surface area (Å²) in [6, 6.07) is -2.02. The van der Waals surface area contributed by atoms with Gasteiger partial charge in [-0.15, -0.1) is 0 Å². The summed E-state index contributed by atoms with van der Waals surface area (Å²) in [5.41, 5.74) is 5.89. The van der Waals surface area contributed by atoms with E-state index < -0.39 is 141 Å². The molecule has 1 fully saturated rings. The molecule has 1 saturated heterocycles. The summed E-state index contributed by atoms with van der Waals surface area (Å²) in [6.45, 7) is 2.49. The number of aliphatic hydroxyl groups excluding tert-OH is 2.